The summed E-state index contributed by atoms with van der Waals surface area (Å²) in [5.41, 5.74) is 0. The van der Waals surface area contributed by atoms with E-state index < -0.39 is 0 Å². The van der Waals surface area contributed by atoms with Crippen LogP contribution in [0.4, 0.5) is 0 Å². The molecule has 0 bridgehead atoms. The molecular formula is C12H24O2. The molecule has 2 saturated heterocycles. The highest BCUT2D eigenvalue weighted by molar-refractivity contribution is 4.56. The summed E-state index contributed by atoms with van der Waals surface area (Å²) in [6.07, 6.45) is 5.25. The predicted octanol–water partition coefficient (Wildman–Crippen LogP) is 2.87. The van der Waals surface area contributed by atoms with Gasteiger partial charge in [0.05, 0.1) is 0 Å². The molecule has 0 aromatic rings. The topological polar surface area (TPSA) is 18.5 Å². The van der Waals surface area contributed by atoms with E-state index >= 15 is 0 Å². The van der Waals surface area contributed by atoms with Gasteiger partial charge >= 0.3 is 0 Å². The Hall–Kier alpha value is -0.0800. The van der Waals surface area contributed by atoms with Crippen LogP contribution in [0.2, 0.25) is 0 Å². The lowest BCUT2D eigenvalue weighted by Crippen LogP contribution is -2.13. The van der Waals surface area contributed by atoms with Crippen LogP contribution in [0, 0.1) is 11.8 Å². The number of ether oxygens (including phenoxy) is 2. The van der Waals surface area contributed by atoms with E-state index in [0.29, 0.717) is 0 Å². The third kappa shape index (κ3) is 5.61. The molecule has 2 heterocycles. The first-order valence-electron chi connectivity index (χ1n) is 5.94. The summed E-state index contributed by atoms with van der Waals surface area (Å²) in [6, 6.07) is 0. The summed E-state index contributed by atoms with van der Waals surface area (Å²) in [4.78, 5) is 0. The van der Waals surface area contributed by atoms with Crippen LogP contribution in [0.25, 0.3) is 0 Å². The fourth-order valence-electron chi connectivity index (χ4n) is 1.80. The summed E-state index contributed by atoms with van der Waals surface area (Å²) >= 11 is 0. The predicted molar refractivity (Wildman–Crippen MR) is 58.4 cm³/mol. The van der Waals surface area contributed by atoms with Crippen LogP contribution in [-0.4, -0.2) is 26.4 Å². The fraction of sp³-hybridized carbons (Fsp3) is 1.00. The van der Waals surface area contributed by atoms with E-state index in [1.165, 1.54) is 25.7 Å². The van der Waals surface area contributed by atoms with E-state index in [1.807, 2.05) is 0 Å². The Balaban J connectivity index is 0.000000140. The average Bonchev–Trinajstić information content (AvgIpc) is 2.21. The fourth-order valence-corrected chi connectivity index (χ4v) is 1.80. The molecule has 2 fully saturated rings. The van der Waals surface area contributed by atoms with Crippen molar-refractivity contribution in [2.45, 2.75) is 39.5 Å². The van der Waals surface area contributed by atoms with Gasteiger partial charge in [-0.3, -0.25) is 0 Å². The van der Waals surface area contributed by atoms with Crippen molar-refractivity contribution in [1.29, 1.82) is 0 Å². The van der Waals surface area contributed by atoms with E-state index in [4.69, 9.17) is 9.47 Å². The first-order chi connectivity index (χ1) is 6.79. The van der Waals surface area contributed by atoms with Crippen LogP contribution in [0.3, 0.4) is 0 Å². The van der Waals surface area contributed by atoms with Crippen molar-refractivity contribution in [3.8, 4) is 0 Å². The van der Waals surface area contributed by atoms with Crippen molar-refractivity contribution in [1.82, 2.24) is 0 Å². The summed E-state index contributed by atoms with van der Waals surface area (Å²) in [6.45, 7) is 8.42. The van der Waals surface area contributed by atoms with Crippen molar-refractivity contribution >= 4 is 0 Å². The Kier molecular flexibility index (Phi) is 6.20. The molecule has 2 unspecified atom stereocenters. The van der Waals surface area contributed by atoms with Gasteiger partial charge in [0.25, 0.3) is 0 Å². The minimum atomic E-state index is 0.814. The van der Waals surface area contributed by atoms with E-state index in [0.717, 1.165) is 38.3 Å². The maximum Gasteiger partial charge on any atom is 0.0491 e. The molecule has 2 heteroatoms. The molecule has 84 valence electrons. The van der Waals surface area contributed by atoms with Gasteiger partial charge in [0.2, 0.25) is 0 Å². The number of hydrogen-bond donors (Lipinski definition) is 0. The highest BCUT2D eigenvalue weighted by atomic mass is 16.5. The van der Waals surface area contributed by atoms with E-state index in [1.54, 1.807) is 0 Å². The Morgan fingerprint density at radius 2 is 1.21 bits per heavy atom. The molecule has 0 saturated carbocycles. The van der Waals surface area contributed by atoms with Gasteiger partial charge in [-0.05, 0) is 37.5 Å². The van der Waals surface area contributed by atoms with E-state index in [2.05, 4.69) is 13.8 Å². The molecule has 14 heavy (non-hydrogen) atoms. The normalized spacial score (nSPS) is 33.0. The molecular weight excluding hydrogens is 176 g/mol. The molecule has 0 radical (unpaired) electrons. The van der Waals surface area contributed by atoms with Gasteiger partial charge in [-0.15, -0.1) is 0 Å². The van der Waals surface area contributed by atoms with Crippen molar-refractivity contribution in [3.05, 3.63) is 0 Å². The minimum absolute atomic E-state index is 0.814. The molecule has 0 N–H and O–H groups in total. The molecule has 0 aromatic carbocycles. The van der Waals surface area contributed by atoms with Crippen LogP contribution in [-0.2, 0) is 9.47 Å². The highest BCUT2D eigenvalue weighted by Crippen LogP contribution is 2.11. The van der Waals surface area contributed by atoms with Gasteiger partial charge in [-0.1, -0.05) is 13.8 Å². The third-order valence-corrected chi connectivity index (χ3v) is 2.78. The lowest BCUT2D eigenvalue weighted by atomic mass is 10.1. The molecule has 2 rings (SSSR count). The molecule has 2 aliphatic heterocycles. The zero-order chi connectivity index (χ0) is 10.2. The summed E-state index contributed by atoms with van der Waals surface area (Å²) in [7, 11) is 0. The van der Waals surface area contributed by atoms with Crippen LogP contribution in [0.15, 0.2) is 0 Å². The second-order valence-corrected chi connectivity index (χ2v) is 4.64. The quantitative estimate of drug-likeness (QED) is 0.598. The summed E-state index contributed by atoms with van der Waals surface area (Å²) in [5.74, 6) is 1.63. The van der Waals surface area contributed by atoms with Crippen molar-refractivity contribution in [3.63, 3.8) is 0 Å². The zero-order valence-electron chi connectivity index (χ0n) is 9.63. The molecule has 2 nitrogen and oxygen atoms in total. The van der Waals surface area contributed by atoms with E-state index in [9.17, 15) is 0 Å². The zero-order valence-corrected chi connectivity index (χ0v) is 9.63. The first kappa shape index (κ1) is 12.0. The average molecular weight is 200 g/mol. The Bertz CT molecular complexity index is 108. The maximum absolute atomic E-state index is 5.18. The molecule has 0 amide bonds. The monoisotopic (exact) mass is 200 g/mol. The first-order valence-corrected chi connectivity index (χ1v) is 5.94. The highest BCUT2D eigenvalue weighted by Gasteiger charge is 2.06. The molecule has 2 aliphatic rings. The lowest BCUT2D eigenvalue weighted by molar-refractivity contribution is 0.0615. The summed E-state index contributed by atoms with van der Waals surface area (Å²) in [5, 5.41) is 0. The second-order valence-electron chi connectivity index (χ2n) is 4.64. The lowest BCUT2D eigenvalue weighted by Gasteiger charge is -2.16. The largest absolute Gasteiger partial charge is 0.381 e. The SMILES string of the molecule is CC1CCCOC1.CC1CCCOC1. The van der Waals surface area contributed by atoms with Crippen molar-refractivity contribution in [2.75, 3.05) is 26.4 Å². The van der Waals surface area contributed by atoms with Gasteiger partial charge in [0.1, 0.15) is 0 Å². The van der Waals surface area contributed by atoms with Gasteiger partial charge in [-0.25, -0.2) is 0 Å². The van der Waals surface area contributed by atoms with Gasteiger partial charge in [0, 0.05) is 26.4 Å². The Morgan fingerprint density at radius 1 is 0.786 bits per heavy atom. The van der Waals surface area contributed by atoms with Crippen LogP contribution in [0.5, 0.6) is 0 Å². The molecule has 2 atom stereocenters. The van der Waals surface area contributed by atoms with Gasteiger partial charge in [0.15, 0.2) is 0 Å². The van der Waals surface area contributed by atoms with Crippen LogP contribution >= 0.6 is 0 Å². The van der Waals surface area contributed by atoms with Crippen molar-refractivity contribution < 1.29 is 9.47 Å². The molecule has 0 aliphatic carbocycles. The minimum Gasteiger partial charge on any atom is -0.381 e. The maximum atomic E-state index is 5.18. The third-order valence-electron chi connectivity index (χ3n) is 2.78. The van der Waals surface area contributed by atoms with E-state index in [-0.39, 0.29) is 0 Å². The van der Waals surface area contributed by atoms with Crippen molar-refractivity contribution in [2.24, 2.45) is 11.8 Å². The number of rotatable bonds is 0. The van der Waals surface area contributed by atoms with Crippen LogP contribution < -0.4 is 0 Å². The standard InChI is InChI=1S/2C6H12O/c2*1-6-3-2-4-7-5-6/h2*6H,2-5H2,1H3. The van der Waals surface area contributed by atoms with Crippen LogP contribution in [0.1, 0.15) is 39.5 Å². The van der Waals surface area contributed by atoms with Gasteiger partial charge < -0.3 is 9.47 Å². The summed E-state index contributed by atoms with van der Waals surface area (Å²) < 4.78 is 10.4. The second kappa shape index (κ2) is 7.24. The Labute approximate surface area is 88.0 Å². The Morgan fingerprint density at radius 3 is 1.36 bits per heavy atom. The molecule has 0 aromatic heterocycles. The number of hydrogen-bond acceptors (Lipinski definition) is 2. The molecule has 0 spiro atoms. The smallest absolute Gasteiger partial charge is 0.0491 e. The van der Waals surface area contributed by atoms with Gasteiger partial charge in [-0.2, -0.15) is 0 Å².